The Morgan fingerprint density at radius 2 is 1.73 bits per heavy atom. The van der Waals surface area contributed by atoms with Gasteiger partial charge in [0, 0.05) is 6.20 Å². The molecule has 3 aromatic rings. The van der Waals surface area contributed by atoms with Crippen LogP contribution in [-0.4, -0.2) is 18.0 Å². The molecule has 0 fully saturated rings. The fraction of sp³-hybridized carbons (Fsp3) is 0.143. The van der Waals surface area contributed by atoms with Crippen LogP contribution in [0.4, 0.5) is 0 Å². The maximum absolute atomic E-state index is 12.3. The number of nitrogens with one attached hydrogen (secondary N) is 1. The molecule has 0 bridgehead atoms. The van der Waals surface area contributed by atoms with Gasteiger partial charge in [0.05, 0.1) is 19.2 Å². The molecule has 0 atom stereocenters. The zero-order chi connectivity index (χ0) is 18.2. The van der Waals surface area contributed by atoms with Gasteiger partial charge in [0.1, 0.15) is 23.8 Å². The predicted molar refractivity (Wildman–Crippen MR) is 99.2 cm³/mol. The number of benzene rings is 2. The fourth-order valence-corrected chi connectivity index (χ4v) is 2.54. The van der Waals surface area contributed by atoms with Crippen LogP contribution in [0, 0.1) is 0 Å². The van der Waals surface area contributed by atoms with E-state index in [2.05, 4.69) is 10.3 Å². The number of methoxy groups -OCH3 is 1. The lowest BCUT2D eigenvalue weighted by Crippen LogP contribution is -2.24. The highest BCUT2D eigenvalue weighted by molar-refractivity contribution is 5.92. The van der Waals surface area contributed by atoms with E-state index in [1.54, 1.807) is 31.5 Å². The average Bonchev–Trinajstić information content (AvgIpc) is 2.72. The van der Waals surface area contributed by atoms with Gasteiger partial charge in [-0.3, -0.25) is 9.78 Å². The first kappa shape index (κ1) is 17.5. The minimum absolute atomic E-state index is 0.245. The Morgan fingerprint density at radius 3 is 2.46 bits per heavy atom. The number of rotatable bonds is 7. The maximum atomic E-state index is 12.3. The van der Waals surface area contributed by atoms with E-state index in [1.807, 2.05) is 48.5 Å². The first-order valence-corrected chi connectivity index (χ1v) is 8.30. The second kappa shape index (κ2) is 8.67. The molecule has 132 valence electrons. The molecule has 0 spiro atoms. The lowest BCUT2D eigenvalue weighted by molar-refractivity contribution is 0.0945. The van der Waals surface area contributed by atoms with Crippen LogP contribution < -0.4 is 14.8 Å². The van der Waals surface area contributed by atoms with Gasteiger partial charge in [-0.05, 0) is 29.8 Å². The van der Waals surface area contributed by atoms with Crippen molar-refractivity contribution in [1.29, 1.82) is 0 Å². The largest absolute Gasteiger partial charge is 0.496 e. The minimum Gasteiger partial charge on any atom is -0.496 e. The number of hydrogen-bond acceptors (Lipinski definition) is 4. The molecule has 0 aliphatic rings. The van der Waals surface area contributed by atoms with Crippen LogP contribution in [0.5, 0.6) is 11.5 Å². The molecule has 0 radical (unpaired) electrons. The Kier molecular flexibility index (Phi) is 5.83. The van der Waals surface area contributed by atoms with Crippen molar-refractivity contribution in [3.05, 3.63) is 89.7 Å². The third kappa shape index (κ3) is 4.39. The van der Waals surface area contributed by atoms with Gasteiger partial charge in [-0.1, -0.05) is 42.5 Å². The molecule has 5 heteroatoms. The molecule has 5 nitrogen and oxygen atoms in total. The average molecular weight is 348 g/mol. The molecule has 1 aromatic heterocycles. The van der Waals surface area contributed by atoms with Crippen molar-refractivity contribution in [1.82, 2.24) is 10.3 Å². The summed E-state index contributed by atoms with van der Waals surface area (Å²) in [7, 11) is 1.60. The number of hydrogen-bond donors (Lipinski definition) is 1. The van der Waals surface area contributed by atoms with E-state index in [4.69, 9.17) is 9.47 Å². The maximum Gasteiger partial charge on any atom is 0.270 e. The molecule has 3 rings (SSSR count). The van der Waals surface area contributed by atoms with Crippen molar-refractivity contribution in [2.24, 2.45) is 0 Å². The van der Waals surface area contributed by atoms with E-state index in [9.17, 15) is 4.79 Å². The fourth-order valence-electron chi connectivity index (χ4n) is 2.54. The summed E-state index contributed by atoms with van der Waals surface area (Å²) >= 11 is 0. The van der Waals surface area contributed by atoms with E-state index in [-0.39, 0.29) is 12.5 Å². The Labute approximate surface area is 152 Å². The van der Waals surface area contributed by atoms with Crippen LogP contribution in [0.1, 0.15) is 21.6 Å². The number of carbonyl (C=O) groups excluding carboxylic acids is 1. The first-order valence-electron chi connectivity index (χ1n) is 8.30. The Balaban J connectivity index is 1.73. The molecular formula is C21H20N2O3. The van der Waals surface area contributed by atoms with Gasteiger partial charge in [-0.15, -0.1) is 0 Å². The van der Waals surface area contributed by atoms with Gasteiger partial charge in [-0.2, -0.15) is 0 Å². The monoisotopic (exact) mass is 348 g/mol. The normalized spacial score (nSPS) is 10.2. The van der Waals surface area contributed by atoms with Crippen molar-refractivity contribution in [2.45, 2.75) is 13.2 Å². The number of carbonyl (C=O) groups is 1. The van der Waals surface area contributed by atoms with Crippen LogP contribution in [0.25, 0.3) is 0 Å². The molecule has 0 unspecified atom stereocenters. The van der Waals surface area contributed by atoms with E-state index >= 15 is 0 Å². The lowest BCUT2D eigenvalue weighted by atomic mass is 10.1. The Bertz CT molecular complexity index is 852. The van der Waals surface area contributed by atoms with Crippen molar-refractivity contribution in [3.8, 4) is 11.5 Å². The van der Waals surface area contributed by atoms with Crippen LogP contribution >= 0.6 is 0 Å². The summed E-state index contributed by atoms with van der Waals surface area (Å²) < 4.78 is 11.4. The highest BCUT2D eigenvalue weighted by Gasteiger charge is 2.13. The number of amides is 1. The van der Waals surface area contributed by atoms with Gasteiger partial charge in [-0.25, -0.2) is 0 Å². The predicted octanol–water partition coefficient (Wildman–Crippen LogP) is 3.60. The van der Waals surface area contributed by atoms with Gasteiger partial charge >= 0.3 is 0 Å². The highest BCUT2D eigenvalue weighted by Crippen LogP contribution is 2.29. The summed E-state index contributed by atoms with van der Waals surface area (Å²) in [5.74, 6) is 1.09. The topological polar surface area (TPSA) is 60.5 Å². The molecule has 0 aliphatic carbocycles. The smallest absolute Gasteiger partial charge is 0.270 e. The summed E-state index contributed by atoms with van der Waals surface area (Å²) in [6, 6.07) is 20.7. The zero-order valence-electron chi connectivity index (χ0n) is 14.5. The second-order valence-corrected chi connectivity index (χ2v) is 5.61. The van der Waals surface area contributed by atoms with Gasteiger partial charge < -0.3 is 14.8 Å². The van der Waals surface area contributed by atoms with Crippen molar-refractivity contribution < 1.29 is 14.3 Å². The summed E-state index contributed by atoms with van der Waals surface area (Å²) in [6.07, 6.45) is 1.59. The van der Waals surface area contributed by atoms with E-state index < -0.39 is 0 Å². The van der Waals surface area contributed by atoms with Crippen molar-refractivity contribution in [2.75, 3.05) is 7.11 Å². The van der Waals surface area contributed by atoms with Crippen LogP contribution in [0.2, 0.25) is 0 Å². The molecule has 0 saturated carbocycles. The van der Waals surface area contributed by atoms with Crippen molar-refractivity contribution in [3.63, 3.8) is 0 Å². The van der Waals surface area contributed by atoms with E-state index in [0.717, 1.165) is 11.1 Å². The molecule has 2 aromatic carbocycles. The zero-order valence-corrected chi connectivity index (χ0v) is 14.5. The Hall–Kier alpha value is -3.34. The highest BCUT2D eigenvalue weighted by atomic mass is 16.5. The first-order chi connectivity index (χ1) is 12.8. The molecule has 26 heavy (non-hydrogen) atoms. The van der Waals surface area contributed by atoms with E-state index in [0.29, 0.717) is 23.8 Å². The molecule has 1 heterocycles. The van der Waals surface area contributed by atoms with Crippen LogP contribution in [0.3, 0.4) is 0 Å². The van der Waals surface area contributed by atoms with E-state index in [1.165, 1.54) is 0 Å². The molecular weight excluding hydrogens is 328 g/mol. The van der Waals surface area contributed by atoms with Gasteiger partial charge in [0.2, 0.25) is 0 Å². The molecule has 1 amide bonds. The second-order valence-electron chi connectivity index (χ2n) is 5.61. The number of nitrogens with zero attached hydrogens (tertiary/aromatic N) is 1. The van der Waals surface area contributed by atoms with Gasteiger partial charge in [0.15, 0.2) is 0 Å². The van der Waals surface area contributed by atoms with Crippen LogP contribution in [0.15, 0.2) is 72.9 Å². The Morgan fingerprint density at radius 1 is 0.962 bits per heavy atom. The summed E-state index contributed by atoms with van der Waals surface area (Å²) in [4.78, 5) is 16.3. The van der Waals surface area contributed by atoms with Crippen LogP contribution in [-0.2, 0) is 13.2 Å². The van der Waals surface area contributed by atoms with Gasteiger partial charge in [0.25, 0.3) is 5.91 Å². The summed E-state index contributed by atoms with van der Waals surface area (Å²) in [6.45, 7) is 0.721. The molecule has 1 N–H and O–H groups in total. The molecule has 0 aliphatic heterocycles. The SMILES string of the molecule is COc1cccc(OCc2ccccc2)c1CNC(=O)c1ccccn1. The van der Waals surface area contributed by atoms with Crippen molar-refractivity contribution >= 4 is 5.91 Å². The third-order valence-corrected chi connectivity index (χ3v) is 3.87. The summed E-state index contributed by atoms with van der Waals surface area (Å²) in [5, 5.41) is 2.87. The molecule has 0 saturated heterocycles. The quantitative estimate of drug-likeness (QED) is 0.709. The number of pyridine rings is 1. The summed E-state index contributed by atoms with van der Waals surface area (Å²) in [5.41, 5.74) is 2.23. The third-order valence-electron chi connectivity index (χ3n) is 3.87. The standard InChI is InChI=1S/C21H20N2O3/c1-25-19-11-7-12-20(26-15-16-8-3-2-4-9-16)17(19)14-23-21(24)18-10-5-6-13-22-18/h2-13H,14-15H2,1H3,(H,23,24). The number of aromatic nitrogens is 1. The minimum atomic E-state index is -0.245. The lowest BCUT2D eigenvalue weighted by Gasteiger charge is -2.15. The number of ether oxygens (including phenoxy) is 2.